The van der Waals surface area contributed by atoms with Crippen molar-refractivity contribution in [2.24, 2.45) is 5.92 Å². The summed E-state index contributed by atoms with van der Waals surface area (Å²) in [5.41, 5.74) is 7.94. The van der Waals surface area contributed by atoms with E-state index in [1.165, 1.54) is 37.8 Å². The van der Waals surface area contributed by atoms with E-state index in [9.17, 15) is 0 Å². The van der Waals surface area contributed by atoms with Crippen molar-refractivity contribution in [1.82, 2.24) is 0 Å². The molecule has 1 aliphatic carbocycles. The number of hydrogen-bond acceptors (Lipinski definition) is 3. The molecule has 0 spiro atoms. The van der Waals surface area contributed by atoms with E-state index < -0.39 is 0 Å². The molecule has 21 heavy (non-hydrogen) atoms. The van der Waals surface area contributed by atoms with Gasteiger partial charge in [-0.15, -0.1) is 0 Å². The number of ether oxygens (including phenoxy) is 1. The van der Waals surface area contributed by atoms with Crippen LogP contribution in [0.3, 0.4) is 0 Å². The summed E-state index contributed by atoms with van der Waals surface area (Å²) >= 11 is 0. The minimum absolute atomic E-state index is 0.146. The minimum Gasteiger partial charge on any atom is -0.489 e. The first kappa shape index (κ1) is 16.0. The number of nitrogen functional groups attached to an aromatic ring is 1. The molecule has 0 amide bonds. The predicted octanol–water partition coefficient (Wildman–Crippen LogP) is 4.46. The van der Waals surface area contributed by atoms with E-state index in [0.717, 1.165) is 17.4 Å². The molecule has 2 N–H and O–H groups in total. The summed E-state index contributed by atoms with van der Waals surface area (Å²) in [4.78, 5) is 2.40. The van der Waals surface area contributed by atoms with E-state index in [2.05, 4.69) is 31.0 Å². The lowest BCUT2D eigenvalue weighted by Crippen LogP contribution is -2.35. The van der Waals surface area contributed by atoms with Gasteiger partial charge in [0.25, 0.3) is 0 Å². The molecule has 1 saturated carbocycles. The van der Waals surface area contributed by atoms with Crippen LogP contribution in [0.4, 0.5) is 11.4 Å². The van der Waals surface area contributed by atoms with Crippen LogP contribution in [-0.4, -0.2) is 19.2 Å². The summed E-state index contributed by atoms with van der Waals surface area (Å²) in [5.74, 6) is 1.73. The highest BCUT2D eigenvalue weighted by Gasteiger charge is 2.23. The first-order valence-electron chi connectivity index (χ1n) is 8.30. The summed E-state index contributed by atoms with van der Waals surface area (Å²) in [6, 6.07) is 6.79. The maximum atomic E-state index is 6.01. The fraction of sp³-hybridized carbons (Fsp3) is 0.667. The second-order valence-corrected chi connectivity index (χ2v) is 6.58. The smallest absolute Gasteiger partial charge is 0.144 e. The zero-order chi connectivity index (χ0) is 15.4. The van der Waals surface area contributed by atoms with Crippen LogP contribution in [0.25, 0.3) is 0 Å². The second-order valence-electron chi connectivity index (χ2n) is 6.58. The van der Waals surface area contributed by atoms with Gasteiger partial charge in [0.15, 0.2) is 0 Å². The van der Waals surface area contributed by atoms with Crippen LogP contribution in [-0.2, 0) is 0 Å². The van der Waals surface area contributed by atoms with Gasteiger partial charge in [-0.3, -0.25) is 0 Å². The van der Waals surface area contributed by atoms with Crippen molar-refractivity contribution in [2.75, 3.05) is 17.7 Å². The molecule has 1 aromatic rings. The van der Waals surface area contributed by atoms with Crippen LogP contribution in [0.1, 0.15) is 52.9 Å². The van der Waals surface area contributed by atoms with Gasteiger partial charge >= 0.3 is 0 Å². The van der Waals surface area contributed by atoms with Gasteiger partial charge in [-0.05, 0) is 57.6 Å². The third-order valence-corrected chi connectivity index (χ3v) is 4.71. The first-order chi connectivity index (χ1) is 10.0. The highest BCUT2D eigenvalue weighted by Crippen LogP contribution is 2.34. The van der Waals surface area contributed by atoms with Crippen LogP contribution in [0.2, 0.25) is 0 Å². The largest absolute Gasteiger partial charge is 0.489 e. The zero-order valence-electron chi connectivity index (χ0n) is 13.9. The number of nitrogens with two attached hydrogens (primary N) is 1. The van der Waals surface area contributed by atoms with Crippen molar-refractivity contribution in [3.8, 4) is 5.75 Å². The molecule has 1 aromatic carbocycles. The van der Waals surface area contributed by atoms with Gasteiger partial charge < -0.3 is 15.4 Å². The molecular weight excluding hydrogens is 260 g/mol. The normalized spacial score (nSPS) is 22.3. The topological polar surface area (TPSA) is 38.5 Å². The van der Waals surface area contributed by atoms with Crippen LogP contribution in [0, 0.1) is 5.92 Å². The Kier molecular flexibility index (Phi) is 5.38. The Hall–Kier alpha value is -1.38. The molecule has 3 heteroatoms. The second kappa shape index (κ2) is 7.06. The zero-order valence-corrected chi connectivity index (χ0v) is 13.9. The first-order valence-corrected chi connectivity index (χ1v) is 8.30. The highest BCUT2D eigenvalue weighted by atomic mass is 16.5. The Morgan fingerprint density at radius 2 is 1.90 bits per heavy atom. The summed E-state index contributed by atoms with van der Waals surface area (Å²) in [7, 11) is 2.20. The molecule has 1 aliphatic rings. The van der Waals surface area contributed by atoms with Crippen LogP contribution in [0.15, 0.2) is 18.2 Å². The Morgan fingerprint density at radius 1 is 1.24 bits per heavy atom. The van der Waals surface area contributed by atoms with Gasteiger partial charge in [0, 0.05) is 24.8 Å². The summed E-state index contributed by atoms with van der Waals surface area (Å²) in [6.45, 7) is 6.37. The third kappa shape index (κ3) is 4.05. The van der Waals surface area contributed by atoms with Gasteiger partial charge in [0.2, 0.25) is 0 Å². The van der Waals surface area contributed by atoms with Crippen molar-refractivity contribution in [2.45, 2.75) is 65.0 Å². The number of nitrogens with zero attached hydrogens (tertiary/aromatic N) is 1. The molecule has 0 unspecified atom stereocenters. The van der Waals surface area contributed by atoms with E-state index in [0.29, 0.717) is 6.04 Å². The highest BCUT2D eigenvalue weighted by molar-refractivity contribution is 5.62. The van der Waals surface area contributed by atoms with E-state index >= 15 is 0 Å². The molecule has 0 aromatic heterocycles. The van der Waals surface area contributed by atoms with Gasteiger partial charge in [-0.1, -0.05) is 13.3 Å². The molecule has 2 rings (SSSR count). The average Bonchev–Trinajstić information content (AvgIpc) is 2.48. The molecule has 1 fully saturated rings. The van der Waals surface area contributed by atoms with E-state index in [4.69, 9.17) is 10.5 Å². The monoisotopic (exact) mass is 290 g/mol. The van der Waals surface area contributed by atoms with Crippen molar-refractivity contribution in [3.63, 3.8) is 0 Å². The Balaban J connectivity index is 2.07. The molecule has 0 aliphatic heterocycles. The minimum atomic E-state index is 0.146. The van der Waals surface area contributed by atoms with Crippen molar-refractivity contribution in [1.29, 1.82) is 0 Å². The van der Waals surface area contributed by atoms with Crippen LogP contribution < -0.4 is 15.4 Å². The van der Waals surface area contributed by atoms with E-state index in [-0.39, 0.29) is 6.10 Å². The molecular formula is C18H30N2O. The van der Waals surface area contributed by atoms with Crippen LogP contribution >= 0.6 is 0 Å². The van der Waals surface area contributed by atoms with Gasteiger partial charge in [0.05, 0.1) is 11.8 Å². The van der Waals surface area contributed by atoms with Gasteiger partial charge in [0.1, 0.15) is 5.75 Å². The molecule has 0 bridgehead atoms. The number of hydrogen-bond donors (Lipinski definition) is 1. The average molecular weight is 290 g/mol. The SMILES string of the molecule is CCC1CCC(N(C)c2ccc(N)c(OC(C)C)c2)CC1. The number of anilines is 2. The summed E-state index contributed by atoms with van der Waals surface area (Å²) in [6.07, 6.45) is 6.77. The van der Waals surface area contributed by atoms with Gasteiger partial charge in [-0.2, -0.15) is 0 Å². The maximum absolute atomic E-state index is 6.01. The standard InChI is InChI=1S/C18H30N2O/c1-5-14-6-8-15(9-7-14)20(4)16-10-11-17(19)18(12-16)21-13(2)3/h10-15H,5-9,19H2,1-4H3. The molecule has 0 radical (unpaired) electrons. The third-order valence-electron chi connectivity index (χ3n) is 4.71. The lowest BCUT2D eigenvalue weighted by molar-refractivity contribution is 0.244. The maximum Gasteiger partial charge on any atom is 0.144 e. The van der Waals surface area contributed by atoms with Crippen molar-refractivity contribution in [3.05, 3.63) is 18.2 Å². The Bertz CT molecular complexity index is 451. The lowest BCUT2D eigenvalue weighted by atomic mass is 9.84. The van der Waals surface area contributed by atoms with Crippen molar-refractivity contribution >= 4 is 11.4 Å². The molecule has 0 heterocycles. The summed E-state index contributed by atoms with van der Waals surface area (Å²) < 4.78 is 5.81. The van der Waals surface area contributed by atoms with Crippen LogP contribution in [0.5, 0.6) is 5.75 Å². The van der Waals surface area contributed by atoms with E-state index in [1.807, 2.05) is 19.9 Å². The lowest BCUT2D eigenvalue weighted by Gasteiger charge is -2.36. The quantitative estimate of drug-likeness (QED) is 0.814. The Morgan fingerprint density at radius 3 is 2.48 bits per heavy atom. The predicted molar refractivity (Wildman–Crippen MR) is 91.1 cm³/mol. The Labute approximate surface area is 129 Å². The van der Waals surface area contributed by atoms with Crippen molar-refractivity contribution < 1.29 is 4.74 Å². The van der Waals surface area contributed by atoms with Gasteiger partial charge in [-0.25, -0.2) is 0 Å². The fourth-order valence-corrected chi connectivity index (χ4v) is 3.25. The molecule has 0 saturated heterocycles. The number of rotatable bonds is 5. The molecule has 3 nitrogen and oxygen atoms in total. The molecule has 118 valence electrons. The number of benzene rings is 1. The van der Waals surface area contributed by atoms with E-state index in [1.54, 1.807) is 0 Å². The molecule has 0 atom stereocenters. The summed E-state index contributed by atoms with van der Waals surface area (Å²) in [5, 5.41) is 0. The fourth-order valence-electron chi connectivity index (χ4n) is 3.25.